The van der Waals surface area contributed by atoms with Crippen LogP contribution in [-0.2, 0) is 26.1 Å². The third kappa shape index (κ3) is 7.12. The summed E-state index contributed by atoms with van der Waals surface area (Å²) in [5.74, 6) is -0.871. The number of carboxylic acids is 1. The smallest absolute Gasteiger partial charge is 0.321 e. The predicted molar refractivity (Wildman–Crippen MR) is 59.4 cm³/mol. The van der Waals surface area contributed by atoms with Gasteiger partial charge in [0.05, 0.1) is 6.54 Å². The number of unbranched alkanes of at least 4 members (excludes halogenated alkanes) is 1. The van der Waals surface area contributed by atoms with Crippen molar-refractivity contribution in [3.63, 3.8) is 0 Å². The first kappa shape index (κ1) is 13.0. The van der Waals surface area contributed by atoms with Crippen molar-refractivity contribution in [3.05, 3.63) is 0 Å². The SMILES string of the molecule is O=C(O)C(CCCCN=S=S)NS. The van der Waals surface area contributed by atoms with Gasteiger partial charge in [-0.3, -0.25) is 9.52 Å². The molecule has 1 unspecified atom stereocenters. The molecule has 7 heteroatoms. The first-order valence-electron chi connectivity index (χ1n) is 3.80. The number of rotatable bonds is 7. The number of nitrogens with one attached hydrogen (secondary N) is 1. The van der Waals surface area contributed by atoms with Crippen LogP contribution in [0.5, 0.6) is 0 Å². The lowest BCUT2D eigenvalue weighted by molar-refractivity contribution is -0.139. The Morgan fingerprint density at radius 3 is 2.85 bits per heavy atom. The van der Waals surface area contributed by atoms with E-state index >= 15 is 0 Å². The number of hydrogen-bond donors (Lipinski definition) is 3. The molecule has 0 bridgehead atoms. The molecule has 4 nitrogen and oxygen atoms in total. The highest BCUT2D eigenvalue weighted by Gasteiger charge is 2.13. The molecule has 0 spiro atoms. The lowest BCUT2D eigenvalue weighted by atomic mass is 10.1. The largest absolute Gasteiger partial charge is 0.480 e. The minimum Gasteiger partial charge on any atom is -0.480 e. The van der Waals surface area contributed by atoms with Crippen LogP contribution in [0.4, 0.5) is 0 Å². The fourth-order valence-corrected chi connectivity index (χ4v) is 1.47. The van der Waals surface area contributed by atoms with Gasteiger partial charge >= 0.3 is 5.97 Å². The third-order valence-corrected chi connectivity index (χ3v) is 2.41. The Labute approximate surface area is 91.0 Å². The summed E-state index contributed by atoms with van der Waals surface area (Å²) in [5, 5.41) is 8.62. The summed E-state index contributed by atoms with van der Waals surface area (Å²) in [5.41, 5.74) is 0. The Balaban J connectivity index is 3.49. The van der Waals surface area contributed by atoms with Gasteiger partial charge in [-0.1, -0.05) is 12.8 Å². The van der Waals surface area contributed by atoms with Crippen LogP contribution in [0.3, 0.4) is 0 Å². The minimum absolute atomic E-state index is 0.566. The fourth-order valence-electron chi connectivity index (χ4n) is 0.805. The van der Waals surface area contributed by atoms with Crippen LogP contribution in [0, 0.1) is 0 Å². The molecule has 0 fully saturated rings. The van der Waals surface area contributed by atoms with E-state index in [2.05, 4.69) is 33.1 Å². The molecule has 0 rings (SSSR count). The number of thiol groups is 1. The normalized spacial score (nSPS) is 12.1. The van der Waals surface area contributed by atoms with E-state index in [1.54, 1.807) is 0 Å². The summed E-state index contributed by atoms with van der Waals surface area (Å²) in [6.07, 6.45) is 2.24. The molecule has 0 saturated carbocycles. The quantitative estimate of drug-likeness (QED) is 0.454. The van der Waals surface area contributed by atoms with Gasteiger partial charge in [-0.25, -0.2) is 4.36 Å². The Bertz CT molecular complexity index is 206. The van der Waals surface area contributed by atoms with Gasteiger partial charge in [-0.15, -0.1) is 0 Å². The summed E-state index contributed by atoms with van der Waals surface area (Å²) in [4.78, 5) is 10.5. The molecule has 0 aromatic rings. The lowest BCUT2D eigenvalue weighted by Crippen LogP contribution is -2.30. The summed E-state index contributed by atoms with van der Waals surface area (Å²) < 4.78 is 6.31. The molecule has 0 aliphatic rings. The lowest BCUT2D eigenvalue weighted by Gasteiger charge is -2.08. The second-order valence-electron chi connectivity index (χ2n) is 2.44. The second-order valence-corrected chi connectivity index (χ2v) is 3.56. The molecule has 0 aromatic heterocycles. The average Bonchev–Trinajstić information content (AvgIpc) is 2.10. The van der Waals surface area contributed by atoms with E-state index in [1.165, 1.54) is 0 Å². The Hall–Kier alpha value is 0.0200. The minimum atomic E-state index is -0.871. The van der Waals surface area contributed by atoms with E-state index in [0.29, 0.717) is 13.0 Å². The number of hydrogen-bond acceptors (Lipinski definition) is 5. The van der Waals surface area contributed by atoms with Crippen LogP contribution < -0.4 is 4.72 Å². The highest BCUT2D eigenvalue weighted by molar-refractivity contribution is 8.12. The van der Waals surface area contributed by atoms with Crippen molar-refractivity contribution in [2.24, 2.45) is 4.36 Å². The monoisotopic (exact) mass is 240 g/mol. The van der Waals surface area contributed by atoms with Gasteiger partial charge in [0.2, 0.25) is 0 Å². The van der Waals surface area contributed by atoms with Gasteiger partial charge in [0.15, 0.2) is 0 Å². The molecule has 1 atom stereocenters. The zero-order valence-corrected chi connectivity index (χ0v) is 9.50. The molecule has 2 N–H and O–H groups in total. The van der Waals surface area contributed by atoms with Gasteiger partial charge < -0.3 is 5.11 Å². The van der Waals surface area contributed by atoms with Gasteiger partial charge in [-0.05, 0) is 19.3 Å². The molecular formula is C6H12N2O2S3. The molecule has 0 aromatic carbocycles. The van der Waals surface area contributed by atoms with Crippen molar-refractivity contribution in [1.29, 1.82) is 0 Å². The number of carbonyl (C=O) groups is 1. The maximum atomic E-state index is 10.5. The first-order chi connectivity index (χ1) is 6.22. The van der Waals surface area contributed by atoms with E-state index in [4.69, 9.17) is 5.11 Å². The van der Waals surface area contributed by atoms with Crippen molar-refractivity contribution in [3.8, 4) is 0 Å². The molecule has 76 valence electrons. The molecular weight excluding hydrogens is 228 g/mol. The highest BCUT2D eigenvalue weighted by atomic mass is 32.8. The Morgan fingerprint density at radius 1 is 1.69 bits per heavy atom. The van der Waals surface area contributed by atoms with E-state index in [9.17, 15) is 4.79 Å². The summed E-state index contributed by atoms with van der Waals surface area (Å²) >= 11 is 8.27. The summed E-state index contributed by atoms with van der Waals surface area (Å²) in [6, 6.07) is -0.570. The van der Waals surface area contributed by atoms with Crippen LogP contribution in [0.25, 0.3) is 0 Å². The Kier molecular flexibility index (Phi) is 8.62. The Morgan fingerprint density at radius 2 is 2.38 bits per heavy atom. The molecule has 0 aliphatic heterocycles. The molecule has 0 heterocycles. The number of carboxylic acid groups (broad SMARTS) is 1. The maximum absolute atomic E-state index is 10.5. The predicted octanol–water partition coefficient (Wildman–Crippen LogP) is 0.772. The highest BCUT2D eigenvalue weighted by Crippen LogP contribution is 2.02. The third-order valence-electron chi connectivity index (χ3n) is 1.50. The second kappa shape index (κ2) is 8.61. The maximum Gasteiger partial charge on any atom is 0.321 e. The summed E-state index contributed by atoms with van der Waals surface area (Å²) in [7, 11) is 1.03. The van der Waals surface area contributed by atoms with Crippen molar-refractivity contribution in [2.45, 2.75) is 25.3 Å². The topological polar surface area (TPSA) is 61.7 Å². The van der Waals surface area contributed by atoms with Gasteiger partial charge in [0, 0.05) is 21.3 Å². The first-order valence-corrected chi connectivity index (χ1v) is 5.95. The van der Waals surface area contributed by atoms with Gasteiger partial charge in [-0.2, -0.15) is 0 Å². The van der Waals surface area contributed by atoms with E-state index in [-0.39, 0.29) is 0 Å². The van der Waals surface area contributed by atoms with E-state index in [0.717, 1.165) is 23.0 Å². The molecule has 0 radical (unpaired) electrons. The van der Waals surface area contributed by atoms with Crippen LogP contribution in [0.2, 0.25) is 0 Å². The molecule has 0 amide bonds. The fraction of sp³-hybridized carbons (Fsp3) is 0.833. The zero-order valence-electron chi connectivity index (χ0n) is 6.97. The van der Waals surface area contributed by atoms with Crippen LogP contribution >= 0.6 is 12.8 Å². The van der Waals surface area contributed by atoms with Crippen LogP contribution in [0.15, 0.2) is 4.36 Å². The van der Waals surface area contributed by atoms with Crippen molar-refractivity contribution in [1.82, 2.24) is 4.72 Å². The standard InChI is InChI=1S/C6H12N2O2S3/c9-6(10)5(8-11)3-1-2-4-7-13-12/h5,8,11H,1-4H2,(H,9,10). The van der Waals surface area contributed by atoms with Gasteiger partial charge in [0.1, 0.15) is 6.04 Å². The van der Waals surface area contributed by atoms with Gasteiger partial charge in [0.25, 0.3) is 0 Å². The molecule has 0 aliphatic carbocycles. The zero-order chi connectivity index (χ0) is 10.1. The van der Waals surface area contributed by atoms with Crippen molar-refractivity contribution >= 4 is 40.1 Å². The van der Waals surface area contributed by atoms with E-state index in [1.807, 2.05) is 0 Å². The number of nitrogens with zero attached hydrogens (tertiary/aromatic N) is 1. The van der Waals surface area contributed by atoms with E-state index < -0.39 is 12.0 Å². The van der Waals surface area contributed by atoms with Crippen LogP contribution in [0.1, 0.15) is 19.3 Å². The summed E-state index contributed by atoms with van der Waals surface area (Å²) in [6.45, 7) is 0.688. The van der Waals surface area contributed by atoms with Crippen molar-refractivity contribution < 1.29 is 9.90 Å². The van der Waals surface area contributed by atoms with Crippen LogP contribution in [-0.4, -0.2) is 23.7 Å². The average molecular weight is 240 g/mol. The molecule has 0 saturated heterocycles. The molecule has 13 heavy (non-hydrogen) atoms. The number of aliphatic carboxylic acids is 1. The van der Waals surface area contributed by atoms with Crippen molar-refractivity contribution in [2.75, 3.05) is 6.54 Å².